The van der Waals surface area contributed by atoms with E-state index in [4.69, 9.17) is 10.5 Å². The summed E-state index contributed by atoms with van der Waals surface area (Å²) in [5, 5.41) is 0. The second-order valence-corrected chi connectivity index (χ2v) is 6.95. The van der Waals surface area contributed by atoms with Crippen molar-refractivity contribution in [2.24, 2.45) is 5.73 Å². The Morgan fingerprint density at radius 1 is 1.05 bits per heavy atom. The van der Waals surface area contributed by atoms with Crippen molar-refractivity contribution in [3.63, 3.8) is 0 Å². The van der Waals surface area contributed by atoms with Crippen LogP contribution in [0.3, 0.4) is 0 Å². The third-order valence-electron chi connectivity index (χ3n) is 4.14. The van der Waals surface area contributed by atoms with Gasteiger partial charge in [0.15, 0.2) is 0 Å². The number of hydrogen-bond donors (Lipinski definition) is 1. The SMILES string of the molecule is CCCCCCCCCCN1CC(CN)OC(C)(C)C1. The molecule has 120 valence electrons. The summed E-state index contributed by atoms with van der Waals surface area (Å²) in [6.45, 7) is 10.5. The molecule has 0 amide bonds. The van der Waals surface area contributed by atoms with Gasteiger partial charge in [0.25, 0.3) is 0 Å². The summed E-state index contributed by atoms with van der Waals surface area (Å²) >= 11 is 0. The second kappa shape index (κ2) is 9.75. The molecule has 0 aromatic carbocycles. The summed E-state index contributed by atoms with van der Waals surface area (Å²) in [5.41, 5.74) is 5.73. The first-order valence-corrected chi connectivity index (χ1v) is 8.67. The summed E-state index contributed by atoms with van der Waals surface area (Å²) in [6, 6.07) is 0. The van der Waals surface area contributed by atoms with Gasteiger partial charge in [-0.2, -0.15) is 0 Å². The quantitative estimate of drug-likeness (QED) is 0.623. The van der Waals surface area contributed by atoms with Gasteiger partial charge < -0.3 is 10.5 Å². The average Bonchev–Trinajstić information content (AvgIpc) is 2.40. The van der Waals surface area contributed by atoms with Crippen LogP contribution in [0.15, 0.2) is 0 Å². The van der Waals surface area contributed by atoms with Crippen molar-refractivity contribution < 1.29 is 4.74 Å². The molecule has 0 spiro atoms. The predicted octanol–water partition coefficient (Wildman–Crippen LogP) is 3.57. The van der Waals surface area contributed by atoms with Crippen LogP contribution in [0.4, 0.5) is 0 Å². The van der Waals surface area contributed by atoms with Crippen molar-refractivity contribution in [3.8, 4) is 0 Å². The summed E-state index contributed by atoms with van der Waals surface area (Å²) in [5.74, 6) is 0. The average molecular weight is 284 g/mol. The minimum absolute atomic E-state index is 0.0392. The Balaban J connectivity index is 2.06. The molecule has 0 aromatic heterocycles. The van der Waals surface area contributed by atoms with Gasteiger partial charge in [-0.1, -0.05) is 51.9 Å². The van der Waals surface area contributed by atoms with E-state index in [0.717, 1.165) is 13.1 Å². The van der Waals surface area contributed by atoms with E-state index < -0.39 is 0 Å². The molecule has 0 aliphatic carbocycles. The first-order chi connectivity index (χ1) is 9.57. The molecule has 1 atom stereocenters. The van der Waals surface area contributed by atoms with E-state index in [-0.39, 0.29) is 11.7 Å². The Morgan fingerprint density at radius 2 is 1.65 bits per heavy atom. The van der Waals surface area contributed by atoms with Crippen LogP contribution in [-0.4, -0.2) is 42.8 Å². The van der Waals surface area contributed by atoms with Gasteiger partial charge in [0, 0.05) is 19.6 Å². The van der Waals surface area contributed by atoms with Crippen LogP contribution in [-0.2, 0) is 4.74 Å². The van der Waals surface area contributed by atoms with Crippen molar-refractivity contribution >= 4 is 0 Å². The highest BCUT2D eigenvalue weighted by molar-refractivity contribution is 4.84. The molecule has 0 bridgehead atoms. The molecule has 1 aliphatic rings. The van der Waals surface area contributed by atoms with Gasteiger partial charge in [-0.15, -0.1) is 0 Å². The van der Waals surface area contributed by atoms with E-state index in [0.29, 0.717) is 6.54 Å². The fourth-order valence-corrected chi connectivity index (χ4v) is 3.18. The number of unbranched alkanes of at least 4 members (excludes halogenated alkanes) is 7. The van der Waals surface area contributed by atoms with Gasteiger partial charge in [0.05, 0.1) is 11.7 Å². The molecule has 3 nitrogen and oxygen atoms in total. The highest BCUT2D eigenvalue weighted by atomic mass is 16.5. The molecular formula is C17H36N2O. The first kappa shape index (κ1) is 17.9. The molecular weight excluding hydrogens is 248 g/mol. The zero-order valence-electron chi connectivity index (χ0n) is 14.0. The van der Waals surface area contributed by atoms with Crippen molar-refractivity contribution in [2.75, 3.05) is 26.2 Å². The number of nitrogens with two attached hydrogens (primary N) is 1. The Labute approximate surface area is 126 Å². The number of nitrogens with zero attached hydrogens (tertiary/aromatic N) is 1. The Bertz CT molecular complexity index is 243. The van der Waals surface area contributed by atoms with E-state index in [1.54, 1.807) is 0 Å². The lowest BCUT2D eigenvalue weighted by molar-refractivity contribution is -0.131. The van der Waals surface area contributed by atoms with Gasteiger partial charge in [0.1, 0.15) is 0 Å². The monoisotopic (exact) mass is 284 g/mol. The molecule has 0 radical (unpaired) electrons. The maximum absolute atomic E-state index is 5.97. The van der Waals surface area contributed by atoms with Crippen molar-refractivity contribution in [1.82, 2.24) is 4.90 Å². The van der Waals surface area contributed by atoms with Gasteiger partial charge >= 0.3 is 0 Å². The van der Waals surface area contributed by atoms with E-state index in [1.165, 1.54) is 57.9 Å². The highest BCUT2D eigenvalue weighted by Crippen LogP contribution is 2.21. The predicted molar refractivity (Wildman–Crippen MR) is 87.1 cm³/mol. The third kappa shape index (κ3) is 7.61. The van der Waals surface area contributed by atoms with Crippen LogP contribution in [0.1, 0.15) is 72.1 Å². The largest absolute Gasteiger partial charge is 0.368 e. The summed E-state index contributed by atoms with van der Waals surface area (Å²) < 4.78 is 5.97. The molecule has 0 saturated carbocycles. The number of hydrogen-bond acceptors (Lipinski definition) is 3. The minimum Gasteiger partial charge on any atom is -0.368 e. The Morgan fingerprint density at radius 3 is 2.25 bits per heavy atom. The zero-order valence-corrected chi connectivity index (χ0v) is 14.0. The highest BCUT2D eigenvalue weighted by Gasteiger charge is 2.32. The molecule has 1 heterocycles. The molecule has 1 aliphatic heterocycles. The summed E-state index contributed by atoms with van der Waals surface area (Å²) in [4.78, 5) is 2.54. The Hall–Kier alpha value is -0.120. The smallest absolute Gasteiger partial charge is 0.0831 e. The van der Waals surface area contributed by atoms with Gasteiger partial charge in [-0.05, 0) is 26.8 Å². The van der Waals surface area contributed by atoms with Crippen LogP contribution in [0.25, 0.3) is 0 Å². The lowest BCUT2D eigenvalue weighted by atomic mass is 10.0. The molecule has 1 unspecified atom stereocenters. The van der Waals surface area contributed by atoms with Crippen LogP contribution >= 0.6 is 0 Å². The molecule has 2 N–H and O–H groups in total. The minimum atomic E-state index is -0.0392. The maximum atomic E-state index is 5.97. The molecule has 1 fully saturated rings. The molecule has 0 aromatic rings. The first-order valence-electron chi connectivity index (χ1n) is 8.67. The number of ether oxygens (including phenoxy) is 1. The molecule has 1 saturated heterocycles. The lowest BCUT2D eigenvalue weighted by Gasteiger charge is -2.42. The van der Waals surface area contributed by atoms with Crippen LogP contribution in [0.2, 0.25) is 0 Å². The summed E-state index contributed by atoms with van der Waals surface area (Å²) in [7, 11) is 0. The maximum Gasteiger partial charge on any atom is 0.0831 e. The van der Waals surface area contributed by atoms with Gasteiger partial charge in [-0.25, -0.2) is 0 Å². The fourth-order valence-electron chi connectivity index (χ4n) is 3.18. The number of rotatable bonds is 10. The van der Waals surface area contributed by atoms with E-state index >= 15 is 0 Å². The normalized spacial score (nSPS) is 23.1. The van der Waals surface area contributed by atoms with Crippen LogP contribution < -0.4 is 5.73 Å². The van der Waals surface area contributed by atoms with Crippen molar-refractivity contribution in [3.05, 3.63) is 0 Å². The molecule has 20 heavy (non-hydrogen) atoms. The summed E-state index contributed by atoms with van der Waals surface area (Å²) in [6.07, 6.45) is 11.3. The third-order valence-corrected chi connectivity index (χ3v) is 4.14. The number of morpholine rings is 1. The Kier molecular flexibility index (Phi) is 8.74. The van der Waals surface area contributed by atoms with Crippen LogP contribution in [0, 0.1) is 0 Å². The second-order valence-electron chi connectivity index (χ2n) is 6.95. The topological polar surface area (TPSA) is 38.5 Å². The van der Waals surface area contributed by atoms with E-state index in [1.807, 2.05) is 0 Å². The van der Waals surface area contributed by atoms with Crippen molar-refractivity contribution in [1.29, 1.82) is 0 Å². The molecule has 3 heteroatoms. The standard InChI is InChI=1S/C17H36N2O/c1-4-5-6-7-8-9-10-11-12-19-14-16(13-18)20-17(2,3)15-19/h16H,4-15,18H2,1-3H3. The fraction of sp³-hybridized carbons (Fsp3) is 1.00. The zero-order chi connectivity index (χ0) is 14.8. The van der Waals surface area contributed by atoms with Crippen molar-refractivity contribution in [2.45, 2.75) is 83.8 Å². The van der Waals surface area contributed by atoms with Crippen LogP contribution in [0.5, 0.6) is 0 Å². The van der Waals surface area contributed by atoms with Gasteiger partial charge in [0.2, 0.25) is 0 Å². The van der Waals surface area contributed by atoms with E-state index in [9.17, 15) is 0 Å². The van der Waals surface area contributed by atoms with E-state index in [2.05, 4.69) is 25.7 Å². The molecule has 1 rings (SSSR count). The lowest BCUT2D eigenvalue weighted by Crippen LogP contribution is -2.54. The van der Waals surface area contributed by atoms with Gasteiger partial charge in [-0.3, -0.25) is 4.90 Å².